The fourth-order valence-electron chi connectivity index (χ4n) is 1.27. The lowest BCUT2D eigenvalue weighted by atomic mass is 10.1. The Labute approximate surface area is 102 Å². The minimum atomic E-state index is -2.85. The van der Waals surface area contributed by atoms with Gasteiger partial charge in [-0.05, 0) is 13.0 Å². The zero-order chi connectivity index (χ0) is 13.7. The van der Waals surface area contributed by atoms with Crippen LogP contribution in [-0.4, -0.2) is 24.7 Å². The molecular weight excluding hydrogens is 246 g/mol. The average Bonchev–Trinajstić information content (AvgIpc) is 2.37. The largest absolute Gasteiger partial charge is 0.481 e. The molecule has 0 saturated carbocycles. The van der Waals surface area contributed by atoms with Crippen LogP contribution in [-0.2, 0) is 4.74 Å². The van der Waals surface area contributed by atoms with E-state index >= 15 is 0 Å². The molecule has 1 aromatic rings. The van der Waals surface area contributed by atoms with Gasteiger partial charge >= 0.3 is 5.97 Å². The molecule has 96 valence electrons. The standard InChI is InChI=1S/C11H10F2N2O3/c1-3-18-11(16)8-6(5-14)4-7(9(12)13)10(15-8)17-2/h4,9H,3H2,1-2H3. The number of hydrogen-bond acceptors (Lipinski definition) is 5. The quantitative estimate of drug-likeness (QED) is 0.771. The number of nitrogens with zero attached hydrogens (tertiary/aromatic N) is 2. The van der Waals surface area contributed by atoms with Crippen LogP contribution in [0.4, 0.5) is 8.78 Å². The monoisotopic (exact) mass is 256 g/mol. The van der Waals surface area contributed by atoms with Crippen LogP contribution in [0.3, 0.4) is 0 Å². The Balaban J connectivity index is 3.36. The predicted molar refractivity (Wildman–Crippen MR) is 56.4 cm³/mol. The van der Waals surface area contributed by atoms with E-state index in [1.54, 1.807) is 13.0 Å². The van der Waals surface area contributed by atoms with Crippen LogP contribution in [0, 0.1) is 11.3 Å². The molecule has 0 fully saturated rings. The van der Waals surface area contributed by atoms with Crippen LogP contribution in [0.5, 0.6) is 5.88 Å². The highest BCUT2D eigenvalue weighted by molar-refractivity contribution is 5.90. The number of methoxy groups -OCH3 is 1. The Kier molecular flexibility index (Phi) is 4.54. The number of carbonyl (C=O) groups is 1. The third-order valence-corrected chi connectivity index (χ3v) is 2.03. The SMILES string of the molecule is CCOC(=O)c1nc(OC)c(C(F)F)cc1C#N. The molecule has 0 spiro atoms. The van der Waals surface area contributed by atoms with Gasteiger partial charge in [0.1, 0.15) is 6.07 Å². The maximum absolute atomic E-state index is 12.7. The van der Waals surface area contributed by atoms with E-state index in [2.05, 4.69) is 14.5 Å². The van der Waals surface area contributed by atoms with Gasteiger partial charge in [-0.2, -0.15) is 5.26 Å². The molecule has 0 radical (unpaired) electrons. The van der Waals surface area contributed by atoms with Crippen molar-refractivity contribution >= 4 is 5.97 Å². The number of halogens is 2. The van der Waals surface area contributed by atoms with Gasteiger partial charge in [-0.15, -0.1) is 0 Å². The second-order valence-corrected chi connectivity index (χ2v) is 3.12. The van der Waals surface area contributed by atoms with Gasteiger partial charge in [0.05, 0.1) is 24.8 Å². The van der Waals surface area contributed by atoms with E-state index in [-0.39, 0.29) is 17.9 Å². The van der Waals surface area contributed by atoms with E-state index in [9.17, 15) is 13.6 Å². The number of nitriles is 1. The van der Waals surface area contributed by atoms with Crippen LogP contribution < -0.4 is 4.74 Å². The summed E-state index contributed by atoms with van der Waals surface area (Å²) < 4.78 is 34.7. The summed E-state index contributed by atoms with van der Waals surface area (Å²) in [5.41, 5.74) is -1.15. The lowest BCUT2D eigenvalue weighted by Crippen LogP contribution is -2.11. The zero-order valence-electron chi connectivity index (χ0n) is 9.74. The number of aromatic nitrogens is 1. The molecule has 1 rings (SSSR count). The van der Waals surface area contributed by atoms with E-state index in [1.807, 2.05) is 0 Å². The molecule has 18 heavy (non-hydrogen) atoms. The van der Waals surface area contributed by atoms with E-state index in [1.165, 1.54) is 0 Å². The summed E-state index contributed by atoms with van der Waals surface area (Å²) in [5, 5.41) is 8.82. The van der Waals surface area contributed by atoms with Crippen LogP contribution in [0.25, 0.3) is 0 Å². The topological polar surface area (TPSA) is 72.2 Å². The molecule has 0 aliphatic rings. The van der Waals surface area contributed by atoms with Gasteiger partial charge in [-0.1, -0.05) is 0 Å². The molecule has 0 atom stereocenters. The molecule has 0 aliphatic heterocycles. The number of pyridine rings is 1. The van der Waals surface area contributed by atoms with Crippen molar-refractivity contribution in [1.29, 1.82) is 5.26 Å². The number of rotatable bonds is 4. The van der Waals surface area contributed by atoms with Gasteiger partial charge in [-0.3, -0.25) is 0 Å². The van der Waals surface area contributed by atoms with Gasteiger partial charge in [0, 0.05) is 0 Å². The summed E-state index contributed by atoms with van der Waals surface area (Å²) in [7, 11) is 1.15. The molecule has 0 aromatic carbocycles. The predicted octanol–water partition coefficient (Wildman–Crippen LogP) is 2.08. The molecular formula is C11H10F2N2O3. The number of hydrogen-bond donors (Lipinski definition) is 0. The summed E-state index contributed by atoms with van der Waals surface area (Å²) in [5.74, 6) is -1.25. The highest BCUT2D eigenvalue weighted by atomic mass is 19.3. The molecule has 7 heteroatoms. The van der Waals surface area contributed by atoms with Crippen LogP contribution in [0.1, 0.15) is 35.0 Å². The first-order chi connectivity index (χ1) is 8.54. The maximum Gasteiger partial charge on any atom is 0.358 e. The number of ether oxygens (including phenoxy) is 2. The molecule has 1 heterocycles. The maximum atomic E-state index is 12.7. The first-order valence-corrected chi connectivity index (χ1v) is 4.99. The summed E-state index contributed by atoms with van der Waals surface area (Å²) >= 11 is 0. The van der Waals surface area contributed by atoms with Crippen molar-refractivity contribution < 1.29 is 23.0 Å². The summed E-state index contributed by atoms with van der Waals surface area (Å²) in [6.45, 7) is 1.67. The van der Waals surface area contributed by atoms with Gasteiger partial charge in [0.2, 0.25) is 5.88 Å². The van der Waals surface area contributed by atoms with Crippen molar-refractivity contribution in [2.24, 2.45) is 0 Å². The Morgan fingerprint density at radius 1 is 1.61 bits per heavy atom. The summed E-state index contributed by atoms with van der Waals surface area (Å²) in [6, 6.07) is 2.51. The normalized spacial score (nSPS) is 10.0. The van der Waals surface area contributed by atoms with Crippen molar-refractivity contribution in [2.75, 3.05) is 13.7 Å². The van der Waals surface area contributed by atoms with Crippen molar-refractivity contribution in [1.82, 2.24) is 4.98 Å². The molecule has 0 N–H and O–H groups in total. The number of carbonyl (C=O) groups excluding carboxylic acids is 1. The highest BCUT2D eigenvalue weighted by Crippen LogP contribution is 2.29. The lowest BCUT2D eigenvalue weighted by molar-refractivity contribution is 0.0517. The third-order valence-electron chi connectivity index (χ3n) is 2.03. The molecule has 0 bridgehead atoms. The highest BCUT2D eigenvalue weighted by Gasteiger charge is 2.23. The second-order valence-electron chi connectivity index (χ2n) is 3.12. The van der Waals surface area contributed by atoms with Crippen molar-refractivity contribution in [3.8, 4) is 11.9 Å². The van der Waals surface area contributed by atoms with Gasteiger partial charge in [0.25, 0.3) is 6.43 Å². The van der Waals surface area contributed by atoms with Crippen molar-refractivity contribution in [3.63, 3.8) is 0 Å². The fourth-order valence-corrected chi connectivity index (χ4v) is 1.27. The zero-order valence-corrected chi connectivity index (χ0v) is 9.74. The molecule has 5 nitrogen and oxygen atoms in total. The summed E-state index contributed by atoms with van der Waals surface area (Å²) in [4.78, 5) is 15.1. The van der Waals surface area contributed by atoms with E-state index < -0.39 is 23.8 Å². The van der Waals surface area contributed by atoms with Gasteiger partial charge in [-0.25, -0.2) is 18.6 Å². The number of esters is 1. The van der Waals surface area contributed by atoms with Gasteiger partial charge < -0.3 is 9.47 Å². The Hall–Kier alpha value is -2.23. The average molecular weight is 256 g/mol. The van der Waals surface area contributed by atoms with E-state index in [4.69, 9.17) is 5.26 Å². The summed E-state index contributed by atoms with van der Waals surface area (Å²) in [6.07, 6.45) is -2.85. The van der Waals surface area contributed by atoms with Crippen molar-refractivity contribution in [3.05, 3.63) is 22.9 Å². The minimum absolute atomic E-state index is 0.0876. The Bertz CT molecular complexity index is 498. The Morgan fingerprint density at radius 2 is 2.28 bits per heavy atom. The van der Waals surface area contributed by atoms with Crippen LogP contribution in [0.15, 0.2) is 6.07 Å². The first kappa shape index (κ1) is 13.8. The molecule has 0 amide bonds. The van der Waals surface area contributed by atoms with Crippen LogP contribution in [0.2, 0.25) is 0 Å². The second kappa shape index (κ2) is 5.91. The fraction of sp³-hybridized carbons (Fsp3) is 0.364. The lowest BCUT2D eigenvalue weighted by Gasteiger charge is -2.10. The molecule has 0 aliphatic carbocycles. The smallest absolute Gasteiger partial charge is 0.358 e. The molecule has 0 saturated heterocycles. The van der Waals surface area contributed by atoms with Gasteiger partial charge in [0.15, 0.2) is 5.69 Å². The third kappa shape index (κ3) is 2.71. The Morgan fingerprint density at radius 3 is 2.72 bits per heavy atom. The molecule has 1 aromatic heterocycles. The van der Waals surface area contributed by atoms with Crippen LogP contribution >= 0.6 is 0 Å². The van der Waals surface area contributed by atoms with E-state index in [0.717, 1.165) is 13.2 Å². The first-order valence-electron chi connectivity index (χ1n) is 4.99. The van der Waals surface area contributed by atoms with Crippen molar-refractivity contribution in [2.45, 2.75) is 13.3 Å². The van der Waals surface area contributed by atoms with E-state index in [0.29, 0.717) is 0 Å². The number of alkyl halides is 2. The minimum Gasteiger partial charge on any atom is -0.481 e. The molecule has 0 unspecified atom stereocenters.